The molecule has 0 atom stereocenters. The molecule has 7 heteroatoms. The van der Waals surface area contributed by atoms with Crippen LogP contribution in [0.3, 0.4) is 0 Å². The molecule has 0 saturated carbocycles. The predicted molar refractivity (Wildman–Crippen MR) is 57.8 cm³/mol. The van der Waals surface area contributed by atoms with Gasteiger partial charge in [-0.25, -0.2) is 4.68 Å². The summed E-state index contributed by atoms with van der Waals surface area (Å²) >= 11 is 0. The van der Waals surface area contributed by atoms with Gasteiger partial charge in [-0.1, -0.05) is 0 Å². The van der Waals surface area contributed by atoms with Crippen LogP contribution in [0, 0.1) is 6.92 Å². The van der Waals surface area contributed by atoms with E-state index >= 15 is 0 Å². The van der Waals surface area contributed by atoms with Gasteiger partial charge in [-0.15, -0.1) is 13.2 Å². The summed E-state index contributed by atoms with van der Waals surface area (Å²) in [5, 5.41) is 2.70. The summed E-state index contributed by atoms with van der Waals surface area (Å²) < 4.78 is 40.8. The Hall–Kier alpha value is -2.18. The van der Waals surface area contributed by atoms with Crippen molar-refractivity contribution >= 4 is 0 Å². The quantitative estimate of drug-likeness (QED) is 0.898. The van der Waals surface area contributed by atoms with E-state index < -0.39 is 6.36 Å². The lowest BCUT2D eigenvalue weighted by molar-refractivity contribution is -0.274. The van der Waals surface area contributed by atoms with Gasteiger partial charge in [-0.05, 0) is 31.2 Å². The molecule has 0 radical (unpaired) electrons. The number of aromatic nitrogens is 2. The molecule has 1 heterocycles. The van der Waals surface area contributed by atoms with Gasteiger partial charge < -0.3 is 4.74 Å². The zero-order valence-electron chi connectivity index (χ0n) is 9.28. The van der Waals surface area contributed by atoms with Crippen LogP contribution in [-0.2, 0) is 0 Å². The Bertz CT molecular complexity index is 596. The van der Waals surface area contributed by atoms with E-state index in [-0.39, 0.29) is 11.3 Å². The highest BCUT2D eigenvalue weighted by Crippen LogP contribution is 2.23. The third-order valence-corrected chi connectivity index (χ3v) is 2.28. The molecule has 4 nitrogen and oxygen atoms in total. The number of aromatic amines is 1. The molecule has 0 amide bonds. The molecule has 0 aliphatic rings. The van der Waals surface area contributed by atoms with Gasteiger partial charge in [-0.3, -0.25) is 9.89 Å². The zero-order valence-corrected chi connectivity index (χ0v) is 9.28. The molecule has 2 rings (SSSR count). The lowest BCUT2D eigenvalue weighted by atomic mass is 10.3. The summed E-state index contributed by atoms with van der Waals surface area (Å²) in [6, 6.07) is 5.01. The summed E-state index contributed by atoms with van der Waals surface area (Å²) in [4.78, 5) is 11.6. The van der Waals surface area contributed by atoms with Crippen LogP contribution >= 0.6 is 0 Å². The standard InChI is InChI=1S/C11H9F3N2O2/c1-7-6-15-16(10(7)17)8-2-4-9(5-3-8)18-11(12,13)14/h2-6,15H,1H3. The number of benzene rings is 1. The SMILES string of the molecule is Cc1c[nH]n(-c2ccc(OC(F)(F)F)cc2)c1=O. The van der Waals surface area contributed by atoms with E-state index in [2.05, 4.69) is 9.84 Å². The predicted octanol–water partition coefficient (Wildman–Crippen LogP) is 2.37. The minimum atomic E-state index is -4.72. The molecule has 0 aliphatic carbocycles. The number of hydrogen-bond donors (Lipinski definition) is 1. The van der Waals surface area contributed by atoms with Crippen molar-refractivity contribution in [3.05, 3.63) is 46.4 Å². The van der Waals surface area contributed by atoms with Crippen molar-refractivity contribution in [1.29, 1.82) is 0 Å². The van der Waals surface area contributed by atoms with Gasteiger partial charge in [0.2, 0.25) is 0 Å². The number of H-pyrrole nitrogens is 1. The Morgan fingerprint density at radius 1 is 1.22 bits per heavy atom. The largest absolute Gasteiger partial charge is 0.573 e. The number of nitrogens with zero attached hydrogens (tertiary/aromatic N) is 1. The van der Waals surface area contributed by atoms with Gasteiger partial charge in [0.1, 0.15) is 5.75 Å². The van der Waals surface area contributed by atoms with Crippen LogP contribution in [0.5, 0.6) is 5.75 Å². The lowest BCUT2D eigenvalue weighted by Gasteiger charge is -2.09. The van der Waals surface area contributed by atoms with Crippen LogP contribution in [-0.4, -0.2) is 16.1 Å². The highest BCUT2D eigenvalue weighted by atomic mass is 19.4. The molecule has 18 heavy (non-hydrogen) atoms. The first-order valence-corrected chi connectivity index (χ1v) is 5.00. The second-order valence-electron chi connectivity index (χ2n) is 3.64. The van der Waals surface area contributed by atoms with E-state index in [1.165, 1.54) is 23.0 Å². The maximum atomic E-state index is 11.9. The summed E-state index contributed by atoms with van der Waals surface area (Å²) in [5.74, 6) is -0.331. The fourth-order valence-corrected chi connectivity index (χ4v) is 1.45. The Morgan fingerprint density at radius 3 is 2.28 bits per heavy atom. The molecule has 1 N–H and O–H groups in total. The molecule has 0 saturated heterocycles. The Morgan fingerprint density at radius 2 is 1.83 bits per heavy atom. The first-order valence-electron chi connectivity index (χ1n) is 5.00. The maximum Gasteiger partial charge on any atom is 0.573 e. The molecule has 0 aliphatic heterocycles. The van der Waals surface area contributed by atoms with E-state index in [1.807, 2.05) is 0 Å². The van der Waals surface area contributed by atoms with E-state index in [0.29, 0.717) is 11.3 Å². The number of halogens is 3. The number of nitrogens with one attached hydrogen (secondary N) is 1. The van der Waals surface area contributed by atoms with Crippen molar-refractivity contribution in [3.63, 3.8) is 0 Å². The van der Waals surface area contributed by atoms with Crippen molar-refractivity contribution in [2.24, 2.45) is 0 Å². The molecule has 96 valence electrons. The van der Waals surface area contributed by atoms with Gasteiger partial charge >= 0.3 is 6.36 Å². The second-order valence-corrected chi connectivity index (χ2v) is 3.64. The molecule has 0 spiro atoms. The minimum absolute atomic E-state index is 0.250. The Balaban J connectivity index is 2.28. The fourth-order valence-electron chi connectivity index (χ4n) is 1.45. The van der Waals surface area contributed by atoms with Crippen molar-refractivity contribution in [2.45, 2.75) is 13.3 Å². The smallest absolute Gasteiger partial charge is 0.406 e. The van der Waals surface area contributed by atoms with Gasteiger partial charge in [0, 0.05) is 11.8 Å². The summed E-state index contributed by atoms with van der Waals surface area (Å²) in [6.45, 7) is 1.64. The third kappa shape index (κ3) is 2.55. The Labute approximate surface area is 99.6 Å². The first-order chi connectivity index (χ1) is 8.37. The van der Waals surface area contributed by atoms with Crippen LogP contribution in [0.4, 0.5) is 13.2 Å². The van der Waals surface area contributed by atoms with Crippen LogP contribution in [0.1, 0.15) is 5.56 Å². The van der Waals surface area contributed by atoms with E-state index in [1.54, 1.807) is 6.92 Å². The van der Waals surface area contributed by atoms with E-state index in [0.717, 1.165) is 12.1 Å². The topological polar surface area (TPSA) is 47.0 Å². The monoisotopic (exact) mass is 258 g/mol. The molecule has 0 unspecified atom stereocenters. The number of hydrogen-bond acceptors (Lipinski definition) is 2. The van der Waals surface area contributed by atoms with Crippen LogP contribution in [0.15, 0.2) is 35.3 Å². The van der Waals surface area contributed by atoms with Crippen molar-refractivity contribution in [1.82, 2.24) is 9.78 Å². The highest BCUT2D eigenvalue weighted by Gasteiger charge is 2.30. The fraction of sp³-hybridized carbons (Fsp3) is 0.182. The molecule has 0 fully saturated rings. The highest BCUT2D eigenvalue weighted by molar-refractivity contribution is 5.37. The van der Waals surface area contributed by atoms with Crippen molar-refractivity contribution in [2.75, 3.05) is 0 Å². The second kappa shape index (κ2) is 4.25. The van der Waals surface area contributed by atoms with Crippen molar-refractivity contribution in [3.8, 4) is 11.4 Å². The summed E-state index contributed by atoms with van der Waals surface area (Å²) in [7, 11) is 0. The molecular formula is C11H9F3N2O2. The maximum absolute atomic E-state index is 11.9. The number of alkyl halides is 3. The van der Waals surface area contributed by atoms with E-state index in [9.17, 15) is 18.0 Å². The van der Waals surface area contributed by atoms with Crippen LogP contribution in [0.2, 0.25) is 0 Å². The number of rotatable bonds is 2. The summed E-state index contributed by atoms with van der Waals surface area (Å²) in [5.41, 5.74) is 0.702. The molecule has 1 aromatic carbocycles. The molecule has 1 aromatic heterocycles. The molecular weight excluding hydrogens is 249 g/mol. The Kier molecular flexibility index (Phi) is 2.90. The number of ether oxygens (including phenoxy) is 1. The summed E-state index contributed by atoms with van der Waals surface area (Å²) in [6.07, 6.45) is -3.20. The van der Waals surface area contributed by atoms with Gasteiger partial charge in [0.05, 0.1) is 5.69 Å². The van der Waals surface area contributed by atoms with Gasteiger partial charge in [0.15, 0.2) is 0 Å². The van der Waals surface area contributed by atoms with Crippen molar-refractivity contribution < 1.29 is 17.9 Å². The average Bonchev–Trinajstić information content (AvgIpc) is 2.59. The third-order valence-electron chi connectivity index (χ3n) is 2.28. The average molecular weight is 258 g/mol. The number of aryl methyl sites for hydroxylation is 1. The normalized spacial score (nSPS) is 11.6. The van der Waals surface area contributed by atoms with Gasteiger partial charge in [0.25, 0.3) is 5.56 Å². The first kappa shape index (κ1) is 12.3. The minimum Gasteiger partial charge on any atom is -0.406 e. The van der Waals surface area contributed by atoms with Crippen LogP contribution in [0.25, 0.3) is 5.69 Å². The molecule has 2 aromatic rings. The van der Waals surface area contributed by atoms with E-state index in [4.69, 9.17) is 0 Å². The van der Waals surface area contributed by atoms with Gasteiger partial charge in [-0.2, -0.15) is 0 Å². The zero-order chi connectivity index (χ0) is 13.3. The van der Waals surface area contributed by atoms with Crippen LogP contribution < -0.4 is 10.3 Å². The lowest BCUT2D eigenvalue weighted by Crippen LogP contribution is -2.18. The molecule has 0 bridgehead atoms.